The first-order valence-electron chi connectivity index (χ1n) is 7.38. The first-order valence-corrected chi connectivity index (χ1v) is 8.55. The zero-order valence-electron chi connectivity index (χ0n) is 13.7. The molecule has 3 nitrogen and oxygen atoms in total. The van der Waals surface area contributed by atoms with Crippen LogP contribution in [0.3, 0.4) is 0 Å². The summed E-state index contributed by atoms with van der Waals surface area (Å²) in [4.78, 5) is 6.56. The Kier molecular flexibility index (Phi) is 6.08. The van der Waals surface area contributed by atoms with Gasteiger partial charge in [-0.1, -0.05) is 27.5 Å². The van der Waals surface area contributed by atoms with Crippen LogP contribution >= 0.6 is 27.5 Å². The summed E-state index contributed by atoms with van der Waals surface area (Å²) in [5.41, 5.74) is 3.04. The maximum absolute atomic E-state index is 6.06. The van der Waals surface area contributed by atoms with Crippen LogP contribution in [0.2, 0.25) is 5.02 Å². The van der Waals surface area contributed by atoms with Crippen molar-refractivity contribution in [3.8, 4) is 11.5 Å². The Morgan fingerprint density at radius 1 is 1.17 bits per heavy atom. The van der Waals surface area contributed by atoms with Crippen LogP contribution in [0.15, 0.2) is 39.8 Å². The molecular weight excluding hydrogens is 376 g/mol. The summed E-state index contributed by atoms with van der Waals surface area (Å²) >= 11 is 9.49. The third-order valence-corrected chi connectivity index (χ3v) is 4.13. The van der Waals surface area contributed by atoms with Gasteiger partial charge in [-0.3, -0.25) is 0 Å². The van der Waals surface area contributed by atoms with Gasteiger partial charge in [-0.05, 0) is 62.2 Å². The normalized spacial score (nSPS) is 11.0. The molecule has 0 N–H and O–H groups in total. The lowest BCUT2D eigenvalue weighted by molar-refractivity contribution is 0.478. The Bertz CT molecular complexity index is 711. The number of hydrogen-bond donors (Lipinski definition) is 0. The quantitative estimate of drug-likeness (QED) is 0.450. The summed E-state index contributed by atoms with van der Waals surface area (Å²) in [6.07, 6.45) is 1.84. The van der Waals surface area contributed by atoms with Gasteiger partial charge in [-0.25, -0.2) is 4.99 Å². The molecule has 0 atom stereocenters. The minimum atomic E-state index is 0.632. The number of halogens is 2. The topological polar surface area (TPSA) is 24.8 Å². The Morgan fingerprint density at radius 2 is 1.91 bits per heavy atom. The van der Waals surface area contributed by atoms with Gasteiger partial charge >= 0.3 is 0 Å². The molecule has 23 heavy (non-hydrogen) atoms. The lowest BCUT2D eigenvalue weighted by atomic mass is 10.1. The van der Waals surface area contributed by atoms with Gasteiger partial charge in [0.1, 0.15) is 11.5 Å². The fourth-order valence-electron chi connectivity index (χ4n) is 1.98. The summed E-state index contributed by atoms with van der Waals surface area (Å²) in [6, 6.07) is 9.55. The van der Waals surface area contributed by atoms with Gasteiger partial charge < -0.3 is 9.64 Å². The van der Waals surface area contributed by atoms with E-state index in [0.29, 0.717) is 10.8 Å². The van der Waals surface area contributed by atoms with Gasteiger partial charge in [0.2, 0.25) is 0 Å². The fraction of sp³-hybridized carbons (Fsp3) is 0.278. The van der Waals surface area contributed by atoms with E-state index in [4.69, 9.17) is 16.3 Å². The molecule has 0 aliphatic rings. The third kappa shape index (κ3) is 4.98. The zero-order valence-corrected chi connectivity index (χ0v) is 16.1. The molecule has 0 unspecified atom stereocenters. The zero-order chi connectivity index (χ0) is 17.0. The molecule has 5 heteroatoms. The molecule has 0 saturated carbocycles. The van der Waals surface area contributed by atoms with E-state index < -0.39 is 0 Å². The summed E-state index contributed by atoms with van der Waals surface area (Å²) in [5.74, 6) is 1.51. The van der Waals surface area contributed by atoms with Gasteiger partial charge in [0.05, 0.1) is 12.0 Å². The van der Waals surface area contributed by atoms with E-state index >= 15 is 0 Å². The first kappa shape index (κ1) is 17.8. The summed E-state index contributed by atoms with van der Waals surface area (Å²) < 4.78 is 6.86. The number of aliphatic imine (C=N–C) groups is 1. The predicted molar refractivity (Wildman–Crippen MR) is 102 cm³/mol. The van der Waals surface area contributed by atoms with E-state index in [1.807, 2.05) is 56.4 Å². The van der Waals surface area contributed by atoms with Crippen molar-refractivity contribution in [1.29, 1.82) is 0 Å². The molecule has 122 valence electrons. The number of ether oxygens (including phenoxy) is 1. The van der Waals surface area contributed by atoms with Crippen LogP contribution in [0, 0.1) is 13.8 Å². The van der Waals surface area contributed by atoms with Crippen molar-refractivity contribution >= 4 is 39.6 Å². The summed E-state index contributed by atoms with van der Waals surface area (Å²) in [5, 5.41) is 0.632. The van der Waals surface area contributed by atoms with E-state index in [1.54, 1.807) is 6.07 Å². The predicted octanol–water partition coefficient (Wildman–Crippen LogP) is 6.12. The SMILES string of the molecule is CCN(C)/C=N/c1cc(C)c(Oc2cc(Cl)cc(Br)c2)cc1C. The van der Waals surface area contributed by atoms with E-state index in [9.17, 15) is 0 Å². The molecule has 0 spiro atoms. The van der Waals surface area contributed by atoms with Gasteiger partial charge in [-0.15, -0.1) is 0 Å². The highest BCUT2D eigenvalue weighted by Gasteiger charge is 2.07. The number of nitrogens with zero attached hydrogens (tertiary/aromatic N) is 2. The van der Waals surface area contributed by atoms with Crippen molar-refractivity contribution < 1.29 is 4.74 Å². The van der Waals surface area contributed by atoms with Crippen molar-refractivity contribution in [3.05, 3.63) is 51.0 Å². The molecule has 2 aromatic rings. The molecule has 0 heterocycles. The molecule has 0 aliphatic heterocycles. The van der Waals surface area contributed by atoms with Crippen LogP contribution in [0.4, 0.5) is 5.69 Å². The van der Waals surface area contributed by atoms with Crippen LogP contribution < -0.4 is 4.74 Å². The van der Waals surface area contributed by atoms with Crippen molar-refractivity contribution in [3.63, 3.8) is 0 Å². The van der Waals surface area contributed by atoms with E-state index in [1.165, 1.54) is 0 Å². The molecular formula is C18H20BrClN2O. The Balaban J connectivity index is 2.27. The summed E-state index contributed by atoms with van der Waals surface area (Å²) in [6.45, 7) is 7.05. The van der Waals surface area contributed by atoms with E-state index in [2.05, 4.69) is 27.8 Å². The average molecular weight is 396 g/mol. The maximum Gasteiger partial charge on any atom is 0.130 e. The number of aryl methyl sites for hydroxylation is 2. The second-order valence-corrected chi connectivity index (χ2v) is 6.78. The minimum Gasteiger partial charge on any atom is -0.457 e. The summed E-state index contributed by atoms with van der Waals surface area (Å²) in [7, 11) is 2.00. The maximum atomic E-state index is 6.06. The standard InChI is InChI=1S/C18H20BrClN2O/c1-5-22(4)11-21-17-6-13(3)18(7-12(17)2)23-16-9-14(19)8-15(20)10-16/h6-11H,5H2,1-4H3/b21-11+. The second kappa shape index (κ2) is 7.84. The minimum absolute atomic E-state index is 0.632. The van der Waals surface area contributed by atoms with Crippen molar-refractivity contribution in [2.75, 3.05) is 13.6 Å². The Labute approximate surface area is 151 Å². The van der Waals surface area contributed by atoms with Crippen molar-refractivity contribution in [2.45, 2.75) is 20.8 Å². The number of hydrogen-bond acceptors (Lipinski definition) is 2. The highest BCUT2D eigenvalue weighted by atomic mass is 79.9. The van der Waals surface area contributed by atoms with Gasteiger partial charge in [0.15, 0.2) is 0 Å². The largest absolute Gasteiger partial charge is 0.457 e. The molecule has 0 aliphatic carbocycles. The molecule has 2 rings (SSSR count). The van der Waals surface area contributed by atoms with E-state index in [-0.39, 0.29) is 0 Å². The lowest BCUT2D eigenvalue weighted by Crippen LogP contribution is -2.14. The monoisotopic (exact) mass is 394 g/mol. The lowest BCUT2D eigenvalue weighted by Gasteiger charge is -2.13. The highest BCUT2D eigenvalue weighted by Crippen LogP contribution is 2.33. The van der Waals surface area contributed by atoms with E-state index in [0.717, 1.165) is 33.6 Å². The van der Waals surface area contributed by atoms with Gasteiger partial charge in [0, 0.05) is 23.1 Å². The van der Waals surface area contributed by atoms with Crippen LogP contribution in [0.5, 0.6) is 11.5 Å². The molecule has 0 amide bonds. The van der Waals surface area contributed by atoms with Crippen molar-refractivity contribution in [1.82, 2.24) is 4.90 Å². The van der Waals surface area contributed by atoms with Crippen LogP contribution in [0.25, 0.3) is 0 Å². The third-order valence-electron chi connectivity index (χ3n) is 3.45. The molecule has 0 fully saturated rings. The molecule has 2 aromatic carbocycles. The average Bonchev–Trinajstić information content (AvgIpc) is 2.47. The van der Waals surface area contributed by atoms with Gasteiger partial charge in [-0.2, -0.15) is 0 Å². The fourth-order valence-corrected chi connectivity index (χ4v) is 2.81. The molecule has 0 radical (unpaired) electrons. The van der Waals surface area contributed by atoms with Crippen molar-refractivity contribution in [2.24, 2.45) is 4.99 Å². The van der Waals surface area contributed by atoms with Crippen LogP contribution in [-0.4, -0.2) is 24.8 Å². The first-order chi connectivity index (χ1) is 10.9. The number of benzene rings is 2. The Hall–Kier alpha value is -1.52. The molecule has 0 saturated heterocycles. The number of rotatable bonds is 5. The van der Waals surface area contributed by atoms with Crippen LogP contribution in [-0.2, 0) is 0 Å². The molecule has 0 aromatic heterocycles. The molecule has 0 bridgehead atoms. The second-order valence-electron chi connectivity index (χ2n) is 5.43. The smallest absolute Gasteiger partial charge is 0.130 e. The van der Waals surface area contributed by atoms with Crippen LogP contribution in [0.1, 0.15) is 18.1 Å². The van der Waals surface area contributed by atoms with Gasteiger partial charge in [0.25, 0.3) is 0 Å². The Morgan fingerprint density at radius 3 is 2.57 bits per heavy atom. The highest BCUT2D eigenvalue weighted by molar-refractivity contribution is 9.10.